The Labute approximate surface area is 153 Å². The molecule has 1 unspecified atom stereocenters. The molecule has 1 saturated heterocycles. The molecule has 2 aliphatic heterocycles. The third-order valence-corrected chi connectivity index (χ3v) is 5.00. The summed E-state index contributed by atoms with van der Waals surface area (Å²) in [7, 11) is 0. The van der Waals surface area contributed by atoms with Crippen LogP contribution in [0.2, 0.25) is 0 Å². The quantitative estimate of drug-likeness (QED) is 0.922. The molecule has 2 aromatic carbocycles. The Kier molecular flexibility index (Phi) is 4.61. The zero-order chi connectivity index (χ0) is 17.9. The largest absolute Gasteiger partial charge is 0.480 e. The summed E-state index contributed by atoms with van der Waals surface area (Å²) in [6, 6.07) is 15.7. The Hall–Kier alpha value is -2.82. The zero-order valence-corrected chi connectivity index (χ0v) is 14.6. The fraction of sp³-hybridized carbons (Fsp3) is 0.333. The van der Waals surface area contributed by atoms with Crippen molar-refractivity contribution in [1.29, 1.82) is 0 Å². The summed E-state index contributed by atoms with van der Waals surface area (Å²) in [6.07, 6.45) is 2.65. The molecule has 134 valence electrons. The van der Waals surface area contributed by atoms with Crippen LogP contribution in [0.15, 0.2) is 48.5 Å². The monoisotopic (exact) mass is 350 g/mol. The second kappa shape index (κ2) is 7.20. The van der Waals surface area contributed by atoms with Crippen LogP contribution in [0, 0.1) is 0 Å². The molecule has 0 aliphatic carbocycles. The fourth-order valence-corrected chi connectivity index (χ4v) is 3.53. The van der Waals surface area contributed by atoms with Crippen LogP contribution in [0.3, 0.4) is 0 Å². The second-order valence-electron chi connectivity index (χ2n) is 6.79. The lowest BCUT2D eigenvalue weighted by molar-refractivity contribution is -0.128. The zero-order valence-electron chi connectivity index (χ0n) is 14.6. The molecule has 1 fully saturated rings. The number of rotatable bonds is 4. The van der Waals surface area contributed by atoms with Crippen molar-refractivity contribution in [1.82, 2.24) is 5.32 Å². The highest BCUT2D eigenvalue weighted by Crippen LogP contribution is 2.27. The Morgan fingerprint density at radius 3 is 2.69 bits per heavy atom. The summed E-state index contributed by atoms with van der Waals surface area (Å²) in [6.45, 7) is 1.24. The van der Waals surface area contributed by atoms with Crippen molar-refractivity contribution in [3.8, 4) is 5.75 Å². The lowest BCUT2D eigenvalue weighted by Crippen LogP contribution is -2.40. The molecule has 0 bridgehead atoms. The van der Waals surface area contributed by atoms with E-state index in [1.807, 2.05) is 53.4 Å². The van der Waals surface area contributed by atoms with Crippen LogP contribution in [-0.4, -0.2) is 24.5 Å². The predicted molar refractivity (Wildman–Crippen MR) is 99.1 cm³/mol. The Morgan fingerprint density at radius 1 is 1.12 bits per heavy atom. The number of benzene rings is 2. The Bertz CT molecular complexity index is 816. The number of carbonyl (C=O) groups is 2. The van der Waals surface area contributed by atoms with E-state index >= 15 is 0 Å². The van der Waals surface area contributed by atoms with Gasteiger partial charge in [-0.15, -0.1) is 0 Å². The highest BCUT2D eigenvalue weighted by molar-refractivity contribution is 5.95. The number of hydrogen-bond acceptors (Lipinski definition) is 3. The van der Waals surface area contributed by atoms with Gasteiger partial charge in [0.25, 0.3) is 5.91 Å². The minimum atomic E-state index is -0.439. The first-order chi connectivity index (χ1) is 12.7. The van der Waals surface area contributed by atoms with Crippen LogP contribution in [0.5, 0.6) is 5.75 Å². The normalized spacial score (nSPS) is 19.0. The van der Waals surface area contributed by atoms with Gasteiger partial charge in [-0.1, -0.05) is 30.3 Å². The van der Waals surface area contributed by atoms with E-state index < -0.39 is 6.10 Å². The van der Waals surface area contributed by atoms with E-state index in [9.17, 15) is 9.59 Å². The van der Waals surface area contributed by atoms with Gasteiger partial charge in [-0.3, -0.25) is 9.59 Å². The molecule has 2 heterocycles. The van der Waals surface area contributed by atoms with Crippen LogP contribution >= 0.6 is 0 Å². The number of hydrogen-bond donors (Lipinski definition) is 1. The van der Waals surface area contributed by atoms with Crippen molar-refractivity contribution in [2.45, 2.75) is 38.3 Å². The van der Waals surface area contributed by atoms with Gasteiger partial charge >= 0.3 is 0 Å². The second-order valence-corrected chi connectivity index (χ2v) is 6.79. The average molecular weight is 350 g/mol. The average Bonchev–Trinajstić information content (AvgIpc) is 3.12. The number of anilines is 1. The number of amides is 2. The van der Waals surface area contributed by atoms with Crippen LogP contribution in [-0.2, 0) is 22.6 Å². The Morgan fingerprint density at radius 2 is 1.92 bits per heavy atom. The summed E-state index contributed by atoms with van der Waals surface area (Å²) in [5, 5.41) is 2.95. The van der Waals surface area contributed by atoms with Crippen molar-refractivity contribution >= 4 is 17.5 Å². The molecule has 0 saturated carbocycles. The van der Waals surface area contributed by atoms with E-state index in [0.29, 0.717) is 19.4 Å². The molecule has 0 radical (unpaired) electrons. The molecule has 2 aliphatic rings. The van der Waals surface area contributed by atoms with Gasteiger partial charge in [0.05, 0.1) is 0 Å². The first-order valence-corrected chi connectivity index (χ1v) is 9.12. The molecular formula is C21H22N2O3. The minimum absolute atomic E-state index is 0.0849. The van der Waals surface area contributed by atoms with Gasteiger partial charge in [0.2, 0.25) is 5.91 Å². The maximum atomic E-state index is 12.4. The van der Waals surface area contributed by atoms with Crippen molar-refractivity contribution in [3.05, 3.63) is 59.7 Å². The number of aryl methyl sites for hydroxylation is 1. The Balaban J connectivity index is 1.33. The number of carbonyl (C=O) groups excluding carboxylic acids is 2. The number of nitrogens with one attached hydrogen (secondary N) is 1. The predicted octanol–water partition coefficient (Wildman–Crippen LogP) is 2.82. The number of ether oxygens (including phenoxy) is 1. The molecule has 2 amide bonds. The van der Waals surface area contributed by atoms with Gasteiger partial charge in [-0.25, -0.2) is 0 Å². The minimum Gasteiger partial charge on any atom is -0.480 e. The van der Waals surface area contributed by atoms with Gasteiger partial charge in [0.15, 0.2) is 6.10 Å². The van der Waals surface area contributed by atoms with E-state index in [1.165, 1.54) is 0 Å². The van der Waals surface area contributed by atoms with Gasteiger partial charge < -0.3 is 15.0 Å². The molecule has 1 N–H and O–H groups in total. The van der Waals surface area contributed by atoms with Crippen LogP contribution in [0.4, 0.5) is 5.69 Å². The maximum absolute atomic E-state index is 12.4. The van der Waals surface area contributed by atoms with Crippen LogP contribution < -0.4 is 15.0 Å². The third-order valence-electron chi connectivity index (χ3n) is 5.00. The van der Waals surface area contributed by atoms with Crippen molar-refractivity contribution in [3.63, 3.8) is 0 Å². The molecule has 4 rings (SSSR count). The van der Waals surface area contributed by atoms with Gasteiger partial charge in [-0.05, 0) is 48.6 Å². The first kappa shape index (κ1) is 16.6. The molecule has 26 heavy (non-hydrogen) atoms. The highest BCUT2D eigenvalue weighted by atomic mass is 16.5. The van der Waals surface area contributed by atoms with Crippen LogP contribution in [0.25, 0.3) is 0 Å². The molecule has 1 atom stereocenters. The van der Waals surface area contributed by atoms with E-state index in [2.05, 4.69) is 5.32 Å². The standard InChI is InChI=1S/C21H22N2O3/c24-20-6-3-13-23(20)17-10-7-15(8-11-17)14-22-21(25)19-12-9-16-4-1-2-5-18(16)26-19/h1-2,4-5,7-8,10-11,19H,3,6,9,12-14H2,(H,22,25). The number of nitrogens with zero attached hydrogens (tertiary/aromatic N) is 1. The van der Waals surface area contributed by atoms with Gasteiger partial charge in [0.1, 0.15) is 5.75 Å². The van der Waals surface area contributed by atoms with E-state index in [-0.39, 0.29) is 11.8 Å². The molecule has 5 nitrogen and oxygen atoms in total. The summed E-state index contributed by atoms with van der Waals surface area (Å²) in [5.41, 5.74) is 3.09. The van der Waals surface area contributed by atoms with E-state index in [1.54, 1.807) is 0 Å². The SMILES string of the molecule is O=C(NCc1ccc(N2CCCC2=O)cc1)C1CCc2ccccc2O1. The molecule has 0 spiro atoms. The summed E-state index contributed by atoms with van der Waals surface area (Å²) >= 11 is 0. The molecule has 2 aromatic rings. The van der Waals surface area contributed by atoms with E-state index in [0.717, 1.165) is 42.0 Å². The van der Waals surface area contributed by atoms with Gasteiger partial charge in [0, 0.05) is 25.2 Å². The first-order valence-electron chi connectivity index (χ1n) is 9.12. The highest BCUT2D eigenvalue weighted by Gasteiger charge is 2.25. The lowest BCUT2D eigenvalue weighted by Gasteiger charge is -2.25. The fourth-order valence-electron chi connectivity index (χ4n) is 3.53. The third kappa shape index (κ3) is 3.43. The van der Waals surface area contributed by atoms with Crippen molar-refractivity contribution < 1.29 is 14.3 Å². The summed E-state index contributed by atoms with van der Waals surface area (Å²) in [5.74, 6) is 0.901. The smallest absolute Gasteiger partial charge is 0.261 e. The summed E-state index contributed by atoms with van der Waals surface area (Å²) in [4.78, 5) is 26.0. The lowest BCUT2D eigenvalue weighted by atomic mass is 10.0. The number of fused-ring (bicyclic) bond motifs is 1. The van der Waals surface area contributed by atoms with E-state index in [4.69, 9.17) is 4.74 Å². The van der Waals surface area contributed by atoms with Crippen LogP contribution in [0.1, 0.15) is 30.4 Å². The molecular weight excluding hydrogens is 328 g/mol. The van der Waals surface area contributed by atoms with Gasteiger partial charge in [-0.2, -0.15) is 0 Å². The van der Waals surface area contributed by atoms with Crippen molar-refractivity contribution in [2.24, 2.45) is 0 Å². The summed E-state index contributed by atoms with van der Waals surface area (Å²) < 4.78 is 5.82. The maximum Gasteiger partial charge on any atom is 0.261 e. The number of para-hydroxylation sites is 1. The molecule has 0 aromatic heterocycles. The van der Waals surface area contributed by atoms with Crippen molar-refractivity contribution in [2.75, 3.05) is 11.4 Å². The topological polar surface area (TPSA) is 58.6 Å². The molecule has 5 heteroatoms.